The molecule has 2 aromatic rings. The number of benzene rings is 1. The number of aryl methyl sites for hydroxylation is 1. The Labute approximate surface area is 113 Å². The van der Waals surface area contributed by atoms with Crippen LogP contribution in [0.2, 0.25) is 0 Å². The van der Waals surface area contributed by atoms with Gasteiger partial charge >= 0.3 is 0 Å². The number of rotatable bonds is 3. The molecule has 0 unspecified atom stereocenters. The van der Waals surface area contributed by atoms with Crippen LogP contribution < -0.4 is 5.32 Å². The van der Waals surface area contributed by atoms with E-state index in [1.807, 2.05) is 19.1 Å². The molecule has 0 aliphatic heterocycles. The third-order valence-electron chi connectivity index (χ3n) is 2.50. The largest absolute Gasteiger partial charge is 0.379 e. The normalized spacial score (nSPS) is 10.3. The van der Waals surface area contributed by atoms with Crippen molar-refractivity contribution in [2.75, 3.05) is 5.32 Å². The summed E-state index contributed by atoms with van der Waals surface area (Å²) in [4.78, 5) is 4.30. The number of anilines is 1. The number of aromatic nitrogens is 1. The van der Waals surface area contributed by atoms with Crippen molar-refractivity contribution in [3.8, 4) is 0 Å². The zero-order valence-corrected chi connectivity index (χ0v) is 11.5. The fraction of sp³-hybridized carbons (Fsp3) is 0.154. The van der Waals surface area contributed by atoms with E-state index in [9.17, 15) is 4.39 Å². The number of hydrogen-bond donors (Lipinski definition) is 1. The highest BCUT2D eigenvalue weighted by Crippen LogP contribution is 2.19. The van der Waals surface area contributed by atoms with E-state index < -0.39 is 0 Å². The molecule has 1 aromatic heterocycles. The van der Waals surface area contributed by atoms with Crippen LogP contribution in [0.3, 0.4) is 0 Å². The molecule has 0 aliphatic carbocycles. The minimum atomic E-state index is -0.214. The topological polar surface area (TPSA) is 24.9 Å². The van der Waals surface area contributed by atoms with Crippen molar-refractivity contribution >= 4 is 28.3 Å². The Kier molecular flexibility index (Phi) is 3.93. The van der Waals surface area contributed by atoms with Gasteiger partial charge in [-0.05, 0) is 59.3 Å². The molecule has 0 fully saturated rings. The second kappa shape index (κ2) is 5.44. The van der Waals surface area contributed by atoms with Crippen LogP contribution in [0.1, 0.15) is 11.3 Å². The molecular formula is C13H12FIN2. The Morgan fingerprint density at radius 1 is 1.35 bits per heavy atom. The van der Waals surface area contributed by atoms with E-state index in [-0.39, 0.29) is 5.82 Å². The molecule has 2 rings (SSSR count). The molecule has 88 valence electrons. The standard InChI is InChI=1S/C13H12FIN2/c1-9-3-2-6-16-13(9)8-17-12-5-4-10(14)7-11(12)15/h2-7,17H,8H2,1H3. The van der Waals surface area contributed by atoms with Gasteiger partial charge in [-0.25, -0.2) is 4.39 Å². The highest BCUT2D eigenvalue weighted by Gasteiger charge is 2.03. The molecule has 0 spiro atoms. The van der Waals surface area contributed by atoms with Crippen molar-refractivity contribution < 1.29 is 4.39 Å². The van der Waals surface area contributed by atoms with E-state index in [1.165, 1.54) is 12.1 Å². The minimum absolute atomic E-state index is 0.214. The van der Waals surface area contributed by atoms with Crippen LogP contribution in [0.5, 0.6) is 0 Å². The summed E-state index contributed by atoms with van der Waals surface area (Å²) in [7, 11) is 0. The average molecular weight is 342 g/mol. The Morgan fingerprint density at radius 3 is 2.88 bits per heavy atom. The number of pyridine rings is 1. The Bertz CT molecular complexity index is 529. The number of halogens is 2. The lowest BCUT2D eigenvalue weighted by atomic mass is 10.2. The van der Waals surface area contributed by atoms with Crippen molar-refractivity contribution in [2.45, 2.75) is 13.5 Å². The van der Waals surface area contributed by atoms with Gasteiger partial charge in [0.1, 0.15) is 5.82 Å². The van der Waals surface area contributed by atoms with E-state index in [4.69, 9.17) is 0 Å². The highest BCUT2D eigenvalue weighted by atomic mass is 127. The van der Waals surface area contributed by atoms with E-state index in [2.05, 4.69) is 32.9 Å². The summed E-state index contributed by atoms with van der Waals surface area (Å²) in [6.45, 7) is 2.67. The predicted octanol–water partition coefficient (Wildman–Crippen LogP) is 3.75. The second-order valence-electron chi connectivity index (χ2n) is 3.74. The first kappa shape index (κ1) is 12.3. The number of hydrogen-bond acceptors (Lipinski definition) is 2. The monoisotopic (exact) mass is 342 g/mol. The van der Waals surface area contributed by atoms with Gasteiger partial charge in [0.2, 0.25) is 0 Å². The molecule has 17 heavy (non-hydrogen) atoms. The van der Waals surface area contributed by atoms with Gasteiger partial charge < -0.3 is 5.32 Å². The van der Waals surface area contributed by atoms with Crippen LogP contribution in [-0.2, 0) is 6.54 Å². The zero-order valence-electron chi connectivity index (χ0n) is 9.37. The van der Waals surface area contributed by atoms with Gasteiger partial charge in [-0.2, -0.15) is 0 Å². The van der Waals surface area contributed by atoms with Crippen LogP contribution in [0, 0.1) is 16.3 Å². The SMILES string of the molecule is Cc1cccnc1CNc1ccc(F)cc1I. The molecule has 0 saturated carbocycles. The maximum atomic E-state index is 12.9. The smallest absolute Gasteiger partial charge is 0.124 e. The summed E-state index contributed by atoms with van der Waals surface area (Å²) in [6, 6.07) is 8.65. The van der Waals surface area contributed by atoms with E-state index in [0.717, 1.165) is 20.5 Å². The molecule has 0 saturated heterocycles. The fourth-order valence-electron chi connectivity index (χ4n) is 1.52. The summed E-state index contributed by atoms with van der Waals surface area (Å²) in [5, 5.41) is 3.26. The second-order valence-corrected chi connectivity index (χ2v) is 4.91. The molecule has 1 N–H and O–H groups in total. The maximum absolute atomic E-state index is 12.9. The van der Waals surface area contributed by atoms with Crippen molar-refractivity contribution in [3.05, 3.63) is 57.2 Å². The molecule has 2 nitrogen and oxygen atoms in total. The van der Waals surface area contributed by atoms with E-state index in [1.54, 1.807) is 12.3 Å². The van der Waals surface area contributed by atoms with Gasteiger partial charge in [0.25, 0.3) is 0 Å². The lowest BCUT2D eigenvalue weighted by Crippen LogP contribution is -2.04. The third kappa shape index (κ3) is 3.15. The van der Waals surface area contributed by atoms with Gasteiger partial charge in [0, 0.05) is 15.5 Å². The van der Waals surface area contributed by atoms with Crippen molar-refractivity contribution in [1.82, 2.24) is 4.98 Å². The Balaban J connectivity index is 2.10. The van der Waals surface area contributed by atoms with Crippen molar-refractivity contribution in [1.29, 1.82) is 0 Å². The minimum Gasteiger partial charge on any atom is -0.379 e. The van der Waals surface area contributed by atoms with Gasteiger partial charge in [-0.3, -0.25) is 4.98 Å². The lowest BCUT2D eigenvalue weighted by Gasteiger charge is -2.09. The Morgan fingerprint density at radius 2 is 2.18 bits per heavy atom. The van der Waals surface area contributed by atoms with Gasteiger partial charge in [0.05, 0.1) is 12.2 Å². The molecule has 4 heteroatoms. The fourth-order valence-corrected chi connectivity index (χ4v) is 2.18. The average Bonchev–Trinajstić information content (AvgIpc) is 2.30. The van der Waals surface area contributed by atoms with E-state index >= 15 is 0 Å². The van der Waals surface area contributed by atoms with Crippen LogP contribution in [0.15, 0.2) is 36.5 Å². The third-order valence-corrected chi connectivity index (χ3v) is 3.39. The number of nitrogens with zero attached hydrogens (tertiary/aromatic N) is 1. The molecule has 0 radical (unpaired) electrons. The zero-order chi connectivity index (χ0) is 12.3. The lowest BCUT2D eigenvalue weighted by molar-refractivity contribution is 0.627. The van der Waals surface area contributed by atoms with Crippen LogP contribution in [0.25, 0.3) is 0 Å². The first-order chi connectivity index (χ1) is 8.16. The van der Waals surface area contributed by atoms with Gasteiger partial charge in [-0.15, -0.1) is 0 Å². The molecule has 0 atom stereocenters. The van der Waals surface area contributed by atoms with Crippen LogP contribution in [-0.4, -0.2) is 4.98 Å². The predicted molar refractivity (Wildman–Crippen MR) is 75.4 cm³/mol. The van der Waals surface area contributed by atoms with Gasteiger partial charge in [0.15, 0.2) is 0 Å². The quantitative estimate of drug-likeness (QED) is 0.860. The molecule has 0 bridgehead atoms. The highest BCUT2D eigenvalue weighted by molar-refractivity contribution is 14.1. The summed E-state index contributed by atoms with van der Waals surface area (Å²) in [5.41, 5.74) is 3.08. The maximum Gasteiger partial charge on any atom is 0.124 e. The first-order valence-corrected chi connectivity index (χ1v) is 6.34. The molecule has 1 aromatic carbocycles. The van der Waals surface area contributed by atoms with Crippen LogP contribution in [0.4, 0.5) is 10.1 Å². The molecule has 1 heterocycles. The first-order valence-electron chi connectivity index (χ1n) is 5.26. The summed E-state index contributed by atoms with van der Waals surface area (Å²) < 4.78 is 13.8. The number of nitrogens with one attached hydrogen (secondary N) is 1. The summed E-state index contributed by atoms with van der Waals surface area (Å²) in [6.07, 6.45) is 1.78. The Hall–Kier alpha value is -1.17. The van der Waals surface area contributed by atoms with Crippen molar-refractivity contribution in [2.24, 2.45) is 0 Å². The molecular weight excluding hydrogens is 330 g/mol. The summed E-state index contributed by atoms with van der Waals surface area (Å²) in [5.74, 6) is -0.214. The molecule has 0 amide bonds. The van der Waals surface area contributed by atoms with E-state index in [0.29, 0.717) is 6.54 Å². The van der Waals surface area contributed by atoms with Crippen molar-refractivity contribution in [3.63, 3.8) is 0 Å². The van der Waals surface area contributed by atoms with Gasteiger partial charge in [-0.1, -0.05) is 6.07 Å². The summed E-state index contributed by atoms with van der Waals surface area (Å²) >= 11 is 2.11. The molecule has 0 aliphatic rings. The van der Waals surface area contributed by atoms with Crippen LogP contribution >= 0.6 is 22.6 Å².